The molecule has 0 saturated heterocycles. The number of hydrogen-bond acceptors (Lipinski definition) is 6. The smallest absolute Gasteiger partial charge is 0.312 e. The van der Waals surface area contributed by atoms with Crippen LogP contribution in [0, 0.1) is 16.0 Å². The van der Waals surface area contributed by atoms with E-state index in [0.29, 0.717) is 17.8 Å². The van der Waals surface area contributed by atoms with E-state index in [1.807, 2.05) is 4.90 Å². The van der Waals surface area contributed by atoms with Gasteiger partial charge in [0, 0.05) is 30.4 Å². The Bertz CT molecular complexity index is 595. The zero-order valence-electron chi connectivity index (χ0n) is 11.5. The molecule has 0 unspecified atom stereocenters. The zero-order chi connectivity index (χ0) is 15.0. The fourth-order valence-corrected chi connectivity index (χ4v) is 2.37. The summed E-state index contributed by atoms with van der Waals surface area (Å²) in [7, 11) is 0. The fraction of sp³-hybridized carbons (Fsp3) is 0.538. The largest absolute Gasteiger partial charge is 0.409 e. The van der Waals surface area contributed by atoms with Crippen molar-refractivity contribution in [3.05, 3.63) is 27.9 Å². The Balaban J connectivity index is 1.97. The molecule has 0 radical (unpaired) electrons. The lowest BCUT2D eigenvalue weighted by atomic mass is 10.2. The lowest BCUT2D eigenvalue weighted by Gasteiger charge is -2.23. The van der Waals surface area contributed by atoms with Gasteiger partial charge in [-0.25, -0.2) is 4.98 Å². The van der Waals surface area contributed by atoms with Crippen LogP contribution >= 0.6 is 0 Å². The van der Waals surface area contributed by atoms with Crippen LogP contribution in [0.5, 0.6) is 0 Å². The minimum Gasteiger partial charge on any atom is -0.409 e. The van der Waals surface area contributed by atoms with Gasteiger partial charge >= 0.3 is 5.69 Å². The van der Waals surface area contributed by atoms with Gasteiger partial charge in [-0.05, 0) is 31.6 Å². The Hall–Kier alpha value is -2.38. The molecule has 8 heteroatoms. The van der Waals surface area contributed by atoms with E-state index in [2.05, 4.69) is 10.1 Å². The van der Waals surface area contributed by atoms with E-state index >= 15 is 0 Å². The second-order valence-corrected chi connectivity index (χ2v) is 5.64. The molecule has 1 aromatic heterocycles. The number of pyridine rings is 1. The van der Waals surface area contributed by atoms with Crippen molar-refractivity contribution in [2.24, 2.45) is 16.8 Å². The second kappa shape index (κ2) is 5.19. The van der Waals surface area contributed by atoms with Crippen LogP contribution in [0.4, 0.5) is 11.5 Å². The normalized spacial score (nSPS) is 18.6. The molecule has 112 valence electrons. The van der Waals surface area contributed by atoms with Crippen LogP contribution in [0.1, 0.15) is 31.2 Å². The van der Waals surface area contributed by atoms with Crippen LogP contribution in [0.25, 0.3) is 0 Å². The van der Waals surface area contributed by atoms with Crippen LogP contribution < -0.4 is 10.6 Å². The molecule has 21 heavy (non-hydrogen) atoms. The van der Waals surface area contributed by atoms with Gasteiger partial charge in [0.15, 0.2) is 5.84 Å². The zero-order valence-corrected chi connectivity index (χ0v) is 11.5. The molecule has 1 heterocycles. The maximum absolute atomic E-state index is 11.3. The Morgan fingerprint density at radius 3 is 2.76 bits per heavy atom. The minimum atomic E-state index is -0.460. The first-order valence-corrected chi connectivity index (χ1v) is 6.99. The highest BCUT2D eigenvalue weighted by Gasteiger charge is 2.37. The highest BCUT2D eigenvalue weighted by molar-refractivity contribution is 5.97. The van der Waals surface area contributed by atoms with Crippen molar-refractivity contribution < 1.29 is 10.1 Å². The molecule has 1 aromatic rings. The van der Waals surface area contributed by atoms with Gasteiger partial charge in [0.1, 0.15) is 0 Å². The predicted octanol–water partition coefficient (Wildman–Crippen LogP) is 1.46. The molecule has 0 atom stereocenters. The summed E-state index contributed by atoms with van der Waals surface area (Å²) < 4.78 is 0. The summed E-state index contributed by atoms with van der Waals surface area (Å²) in [5.74, 6) is 0.831. The SMILES string of the molecule is NC(=NO)c1cnc(N(CC2CC2)C2CC2)c([N+](=O)[O-])c1. The van der Waals surface area contributed by atoms with E-state index < -0.39 is 4.92 Å². The van der Waals surface area contributed by atoms with E-state index in [-0.39, 0.29) is 17.1 Å². The maximum atomic E-state index is 11.3. The summed E-state index contributed by atoms with van der Waals surface area (Å²) in [5, 5.41) is 22.9. The first-order chi connectivity index (χ1) is 10.1. The highest BCUT2D eigenvalue weighted by atomic mass is 16.6. The van der Waals surface area contributed by atoms with Crippen LogP contribution in [0.2, 0.25) is 0 Å². The number of hydrogen-bond donors (Lipinski definition) is 2. The summed E-state index contributed by atoms with van der Waals surface area (Å²) in [5.41, 5.74) is 5.63. The Morgan fingerprint density at radius 2 is 2.24 bits per heavy atom. The van der Waals surface area contributed by atoms with Crippen molar-refractivity contribution in [1.82, 2.24) is 4.98 Å². The first-order valence-electron chi connectivity index (χ1n) is 6.99. The topological polar surface area (TPSA) is 118 Å². The number of anilines is 1. The summed E-state index contributed by atoms with van der Waals surface area (Å²) in [4.78, 5) is 17.1. The average Bonchev–Trinajstić information content (AvgIpc) is 3.36. The van der Waals surface area contributed by atoms with Gasteiger partial charge in [0.2, 0.25) is 5.82 Å². The van der Waals surface area contributed by atoms with E-state index in [1.165, 1.54) is 25.1 Å². The van der Waals surface area contributed by atoms with E-state index in [9.17, 15) is 10.1 Å². The monoisotopic (exact) mass is 291 g/mol. The number of amidine groups is 1. The van der Waals surface area contributed by atoms with Crippen molar-refractivity contribution in [2.75, 3.05) is 11.4 Å². The molecule has 0 aliphatic heterocycles. The van der Waals surface area contributed by atoms with Gasteiger partial charge in [-0.1, -0.05) is 5.16 Å². The lowest BCUT2D eigenvalue weighted by Crippen LogP contribution is -2.30. The van der Waals surface area contributed by atoms with Crippen LogP contribution in [-0.2, 0) is 0 Å². The molecule has 3 rings (SSSR count). The van der Waals surface area contributed by atoms with Crippen LogP contribution in [0.3, 0.4) is 0 Å². The van der Waals surface area contributed by atoms with Gasteiger partial charge in [0.05, 0.1) is 4.92 Å². The molecule has 0 amide bonds. The molecule has 8 nitrogen and oxygen atoms in total. The number of nitrogens with two attached hydrogens (primary N) is 1. The first kappa shape index (κ1) is 13.6. The average molecular weight is 291 g/mol. The number of rotatable bonds is 6. The number of nitro groups is 1. The Morgan fingerprint density at radius 1 is 1.52 bits per heavy atom. The van der Waals surface area contributed by atoms with Gasteiger partial charge < -0.3 is 15.8 Å². The van der Waals surface area contributed by atoms with Crippen molar-refractivity contribution in [1.29, 1.82) is 0 Å². The number of oxime groups is 1. The molecular weight excluding hydrogens is 274 g/mol. The van der Waals surface area contributed by atoms with Crippen molar-refractivity contribution in [3.8, 4) is 0 Å². The molecular formula is C13H17N5O3. The third-order valence-electron chi connectivity index (χ3n) is 3.86. The molecule has 0 bridgehead atoms. The van der Waals surface area contributed by atoms with Crippen molar-refractivity contribution in [2.45, 2.75) is 31.7 Å². The lowest BCUT2D eigenvalue weighted by molar-refractivity contribution is -0.384. The van der Waals surface area contributed by atoms with Crippen LogP contribution in [0.15, 0.2) is 17.4 Å². The Kier molecular flexibility index (Phi) is 3.36. The predicted molar refractivity (Wildman–Crippen MR) is 76.5 cm³/mol. The van der Waals surface area contributed by atoms with Gasteiger partial charge in [-0.2, -0.15) is 0 Å². The molecule has 0 spiro atoms. The maximum Gasteiger partial charge on any atom is 0.312 e. The molecule has 2 fully saturated rings. The molecule has 2 saturated carbocycles. The molecule has 2 aliphatic rings. The summed E-state index contributed by atoms with van der Waals surface area (Å²) in [6.45, 7) is 0.821. The summed E-state index contributed by atoms with van der Waals surface area (Å²) >= 11 is 0. The number of aromatic nitrogens is 1. The third-order valence-corrected chi connectivity index (χ3v) is 3.86. The summed E-state index contributed by atoms with van der Waals surface area (Å²) in [6.07, 6.45) is 5.87. The molecule has 0 aromatic carbocycles. The van der Waals surface area contributed by atoms with E-state index in [1.54, 1.807) is 0 Å². The fourth-order valence-electron chi connectivity index (χ4n) is 2.37. The van der Waals surface area contributed by atoms with Gasteiger partial charge in [-0.15, -0.1) is 0 Å². The quantitative estimate of drug-likeness (QED) is 0.269. The summed E-state index contributed by atoms with van der Waals surface area (Å²) in [6, 6.07) is 1.67. The van der Waals surface area contributed by atoms with Crippen molar-refractivity contribution >= 4 is 17.3 Å². The highest BCUT2D eigenvalue weighted by Crippen LogP contribution is 2.40. The van der Waals surface area contributed by atoms with E-state index in [4.69, 9.17) is 10.9 Å². The Labute approximate surface area is 121 Å². The third kappa shape index (κ3) is 2.88. The van der Waals surface area contributed by atoms with Gasteiger partial charge in [0.25, 0.3) is 0 Å². The van der Waals surface area contributed by atoms with Crippen LogP contribution in [-0.4, -0.2) is 33.5 Å². The van der Waals surface area contributed by atoms with Gasteiger partial charge in [-0.3, -0.25) is 10.1 Å². The van der Waals surface area contributed by atoms with E-state index in [0.717, 1.165) is 19.4 Å². The second-order valence-electron chi connectivity index (χ2n) is 5.64. The minimum absolute atomic E-state index is 0.0911. The molecule has 2 aliphatic carbocycles. The molecule has 3 N–H and O–H groups in total. The number of nitrogens with zero attached hydrogens (tertiary/aromatic N) is 4. The van der Waals surface area contributed by atoms with Crippen molar-refractivity contribution in [3.63, 3.8) is 0 Å². The standard InChI is InChI=1S/C13H17N5O3/c14-12(16-19)9-5-11(18(20)21)13(15-6-9)17(10-3-4-10)7-8-1-2-8/h5-6,8,10,19H,1-4,7H2,(H2,14,16).